The molecule has 0 bridgehead atoms. The van der Waals surface area contributed by atoms with E-state index in [0.717, 1.165) is 6.26 Å². The van der Waals surface area contributed by atoms with Gasteiger partial charge >= 0.3 is 0 Å². The number of rotatable bonds is 3. The van der Waals surface area contributed by atoms with Crippen LogP contribution in [0.4, 0.5) is 11.6 Å². The van der Waals surface area contributed by atoms with Gasteiger partial charge in [-0.25, -0.2) is 13.1 Å². The van der Waals surface area contributed by atoms with Gasteiger partial charge in [0.05, 0.1) is 0 Å². The topological polar surface area (TPSA) is 90.0 Å². The van der Waals surface area contributed by atoms with E-state index < -0.39 is 9.84 Å². The van der Waals surface area contributed by atoms with E-state index in [1.54, 1.807) is 7.05 Å². The zero-order valence-electron chi connectivity index (χ0n) is 8.40. The molecule has 0 radical (unpaired) electrons. The number of nitrogens with two attached hydrogens (primary N) is 1. The predicted molar refractivity (Wildman–Crippen MR) is 54.9 cm³/mol. The minimum Gasteiger partial charge on any atom is -0.383 e. The first-order chi connectivity index (χ1) is 6.38. The highest BCUT2D eigenvalue weighted by atomic mass is 32.2. The predicted octanol–water partition coefficient (Wildman–Crippen LogP) is -0.162. The number of nitrogen functional groups attached to an aromatic ring is 1. The average molecular weight is 218 g/mol. The van der Waals surface area contributed by atoms with Crippen LogP contribution in [0.5, 0.6) is 0 Å². The standard InChI is InChI=1S/C7H14N4O2S/c1-4-9-7-5(14(3,12)13)6(8)11(2)10-7/h4,8H2,1-3H3,(H,9,10). The molecule has 0 aliphatic carbocycles. The van der Waals surface area contributed by atoms with Gasteiger partial charge in [0.1, 0.15) is 5.82 Å². The highest BCUT2D eigenvalue weighted by molar-refractivity contribution is 7.91. The van der Waals surface area contributed by atoms with Crippen molar-refractivity contribution in [1.82, 2.24) is 9.78 Å². The van der Waals surface area contributed by atoms with Gasteiger partial charge in [0, 0.05) is 19.8 Å². The second-order valence-electron chi connectivity index (χ2n) is 2.99. The summed E-state index contributed by atoms with van der Waals surface area (Å²) in [4.78, 5) is 0.0712. The summed E-state index contributed by atoms with van der Waals surface area (Å²) >= 11 is 0. The molecule has 3 N–H and O–H groups in total. The summed E-state index contributed by atoms with van der Waals surface area (Å²) in [6.07, 6.45) is 1.11. The first kappa shape index (κ1) is 10.8. The van der Waals surface area contributed by atoms with Crippen molar-refractivity contribution in [3.8, 4) is 0 Å². The zero-order chi connectivity index (χ0) is 10.9. The molecular weight excluding hydrogens is 204 g/mol. The Kier molecular flexibility index (Phi) is 2.70. The Morgan fingerprint density at radius 2 is 2.14 bits per heavy atom. The Balaban J connectivity index is 3.38. The monoisotopic (exact) mass is 218 g/mol. The van der Waals surface area contributed by atoms with Crippen molar-refractivity contribution < 1.29 is 8.42 Å². The first-order valence-electron chi connectivity index (χ1n) is 4.14. The quantitative estimate of drug-likeness (QED) is 0.735. The van der Waals surface area contributed by atoms with Crippen molar-refractivity contribution >= 4 is 21.5 Å². The Morgan fingerprint density at radius 3 is 2.57 bits per heavy atom. The van der Waals surface area contributed by atoms with E-state index in [1.165, 1.54) is 4.68 Å². The van der Waals surface area contributed by atoms with E-state index in [2.05, 4.69) is 10.4 Å². The third-order valence-electron chi connectivity index (χ3n) is 1.76. The number of hydrogen-bond donors (Lipinski definition) is 2. The van der Waals surface area contributed by atoms with Crippen molar-refractivity contribution in [2.45, 2.75) is 11.8 Å². The van der Waals surface area contributed by atoms with Crippen molar-refractivity contribution in [2.75, 3.05) is 23.9 Å². The van der Waals surface area contributed by atoms with Crippen molar-refractivity contribution in [2.24, 2.45) is 7.05 Å². The Hall–Kier alpha value is -1.24. The van der Waals surface area contributed by atoms with Gasteiger partial charge in [0.2, 0.25) is 0 Å². The first-order valence-corrected chi connectivity index (χ1v) is 6.03. The average Bonchev–Trinajstić information content (AvgIpc) is 2.27. The van der Waals surface area contributed by atoms with Gasteiger partial charge in [-0.2, -0.15) is 5.10 Å². The van der Waals surface area contributed by atoms with Gasteiger partial charge in [0.25, 0.3) is 0 Å². The summed E-state index contributed by atoms with van der Waals surface area (Å²) in [6.45, 7) is 2.45. The molecular formula is C7H14N4O2S. The number of nitrogens with one attached hydrogen (secondary N) is 1. The lowest BCUT2D eigenvalue weighted by Crippen LogP contribution is -2.06. The van der Waals surface area contributed by atoms with Gasteiger partial charge < -0.3 is 11.1 Å². The van der Waals surface area contributed by atoms with Gasteiger partial charge in [-0.15, -0.1) is 0 Å². The van der Waals surface area contributed by atoms with Crippen molar-refractivity contribution in [3.63, 3.8) is 0 Å². The fraction of sp³-hybridized carbons (Fsp3) is 0.571. The van der Waals surface area contributed by atoms with Gasteiger partial charge in [-0.1, -0.05) is 0 Å². The van der Waals surface area contributed by atoms with E-state index >= 15 is 0 Å². The summed E-state index contributed by atoms with van der Waals surface area (Å²) in [7, 11) is -1.73. The van der Waals surface area contributed by atoms with Crippen LogP contribution in [-0.4, -0.2) is 31.0 Å². The minimum absolute atomic E-state index is 0.0712. The Bertz CT molecular complexity index is 435. The Morgan fingerprint density at radius 1 is 1.57 bits per heavy atom. The number of aryl methyl sites for hydroxylation is 1. The highest BCUT2D eigenvalue weighted by Gasteiger charge is 2.22. The summed E-state index contributed by atoms with van der Waals surface area (Å²) in [5, 5.41) is 6.82. The normalized spacial score (nSPS) is 11.6. The lowest BCUT2D eigenvalue weighted by Gasteiger charge is -2.01. The third kappa shape index (κ3) is 1.82. The van der Waals surface area contributed by atoms with Crippen LogP contribution < -0.4 is 11.1 Å². The second kappa shape index (κ2) is 3.49. The summed E-state index contributed by atoms with van der Waals surface area (Å²) in [5.41, 5.74) is 5.60. The largest absolute Gasteiger partial charge is 0.383 e. The molecule has 0 amide bonds. The van der Waals surface area contributed by atoms with Gasteiger partial charge in [0.15, 0.2) is 20.6 Å². The second-order valence-corrected chi connectivity index (χ2v) is 4.94. The van der Waals surface area contributed by atoms with Crippen molar-refractivity contribution in [1.29, 1.82) is 0 Å². The molecule has 1 aromatic heterocycles. The van der Waals surface area contributed by atoms with Crippen LogP contribution in [0.15, 0.2) is 4.90 Å². The number of hydrogen-bond acceptors (Lipinski definition) is 5. The zero-order valence-corrected chi connectivity index (χ0v) is 9.22. The maximum atomic E-state index is 11.4. The molecule has 6 nitrogen and oxygen atoms in total. The third-order valence-corrected chi connectivity index (χ3v) is 2.91. The Labute approximate surface area is 83.0 Å². The lowest BCUT2D eigenvalue weighted by molar-refractivity contribution is 0.602. The number of sulfone groups is 1. The molecule has 0 aliphatic heterocycles. The molecule has 1 heterocycles. The fourth-order valence-electron chi connectivity index (χ4n) is 1.17. The maximum Gasteiger partial charge on any atom is 0.182 e. The number of aromatic nitrogens is 2. The molecule has 7 heteroatoms. The van der Waals surface area contributed by atoms with Crippen molar-refractivity contribution in [3.05, 3.63) is 0 Å². The van der Waals surface area contributed by atoms with Crippen LogP contribution in [0.2, 0.25) is 0 Å². The molecule has 0 aromatic carbocycles. The number of anilines is 2. The maximum absolute atomic E-state index is 11.4. The molecule has 1 aromatic rings. The fourth-order valence-corrected chi connectivity index (χ4v) is 2.14. The molecule has 0 aliphatic rings. The van der Waals surface area contributed by atoms with Crippen LogP contribution in [0.25, 0.3) is 0 Å². The molecule has 0 fully saturated rings. The molecule has 0 spiro atoms. The van der Waals surface area contributed by atoms with E-state index in [9.17, 15) is 8.42 Å². The van der Waals surface area contributed by atoms with E-state index in [1.807, 2.05) is 6.92 Å². The molecule has 0 saturated heterocycles. The highest BCUT2D eigenvalue weighted by Crippen LogP contribution is 2.25. The van der Waals surface area contributed by atoms with Gasteiger partial charge in [-0.3, -0.25) is 0 Å². The van der Waals surface area contributed by atoms with E-state index in [-0.39, 0.29) is 10.7 Å². The SMILES string of the molecule is CCNc1nn(C)c(N)c1S(C)(=O)=O. The van der Waals surface area contributed by atoms with E-state index in [4.69, 9.17) is 5.73 Å². The summed E-state index contributed by atoms with van der Waals surface area (Å²) in [5.74, 6) is 0.471. The van der Waals surface area contributed by atoms with Crippen LogP contribution in [0.1, 0.15) is 6.92 Å². The van der Waals surface area contributed by atoms with Crippen LogP contribution in [0, 0.1) is 0 Å². The molecule has 0 saturated carbocycles. The smallest absolute Gasteiger partial charge is 0.182 e. The molecule has 80 valence electrons. The van der Waals surface area contributed by atoms with Gasteiger partial charge in [-0.05, 0) is 6.92 Å². The number of nitrogens with zero attached hydrogens (tertiary/aromatic N) is 2. The minimum atomic E-state index is -3.34. The summed E-state index contributed by atoms with van der Waals surface area (Å²) in [6, 6.07) is 0. The molecule has 1 rings (SSSR count). The molecule has 0 unspecified atom stereocenters. The summed E-state index contributed by atoms with van der Waals surface area (Å²) < 4.78 is 24.1. The van der Waals surface area contributed by atoms with Crippen LogP contribution in [-0.2, 0) is 16.9 Å². The van der Waals surface area contributed by atoms with E-state index in [0.29, 0.717) is 12.4 Å². The van der Waals surface area contributed by atoms with Crippen LogP contribution >= 0.6 is 0 Å². The molecule has 0 atom stereocenters. The van der Waals surface area contributed by atoms with Crippen LogP contribution in [0.3, 0.4) is 0 Å². The molecule has 14 heavy (non-hydrogen) atoms. The lowest BCUT2D eigenvalue weighted by atomic mass is 10.5.